The highest BCUT2D eigenvalue weighted by molar-refractivity contribution is 9.10. The van der Waals surface area contributed by atoms with Gasteiger partial charge in [0.15, 0.2) is 0 Å². The molecule has 0 unspecified atom stereocenters. The largest absolute Gasteiger partial charge is 0.490 e. The van der Waals surface area contributed by atoms with Crippen LogP contribution in [0.4, 0.5) is 0 Å². The van der Waals surface area contributed by atoms with Gasteiger partial charge in [-0.05, 0) is 64.9 Å². The summed E-state index contributed by atoms with van der Waals surface area (Å²) in [5.41, 5.74) is 1.21. The van der Waals surface area contributed by atoms with Crippen molar-refractivity contribution in [3.63, 3.8) is 0 Å². The van der Waals surface area contributed by atoms with E-state index in [1.807, 2.05) is 43.4 Å². The van der Waals surface area contributed by atoms with Gasteiger partial charge in [0.05, 0.1) is 4.47 Å². The maximum atomic E-state index is 5.71. The average Bonchev–Trinajstić information content (AvgIpc) is 2.47. The van der Waals surface area contributed by atoms with Gasteiger partial charge in [-0.2, -0.15) is 0 Å². The zero-order valence-corrected chi connectivity index (χ0v) is 14.9. The lowest BCUT2D eigenvalue weighted by Crippen LogP contribution is -2.09. The molecule has 0 radical (unpaired) electrons. The molecule has 5 heteroatoms. The first kappa shape index (κ1) is 16.3. The van der Waals surface area contributed by atoms with E-state index in [2.05, 4.69) is 43.2 Å². The summed E-state index contributed by atoms with van der Waals surface area (Å²) in [5, 5.41) is 3.12. The Hall–Kier alpha value is -1.04. The summed E-state index contributed by atoms with van der Waals surface area (Å²) in [5.74, 6) is 1.67. The van der Waals surface area contributed by atoms with Crippen LogP contribution >= 0.6 is 31.9 Å². The van der Waals surface area contributed by atoms with Crippen molar-refractivity contribution in [3.05, 3.63) is 57.0 Å². The minimum Gasteiger partial charge on any atom is -0.490 e. The third kappa shape index (κ3) is 5.34. The number of benzene rings is 2. The van der Waals surface area contributed by atoms with Gasteiger partial charge in [0.25, 0.3) is 0 Å². The predicted octanol–water partition coefficient (Wildman–Crippen LogP) is 4.39. The van der Waals surface area contributed by atoms with Gasteiger partial charge in [-0.1, -0.05) is 22.0 Å². The van der Waals surface area contributed by atoms with Gasteiger partial charge >= 0.3 is 0 Å². The number of hydrogen-bond acceptors (Lipinski definition) is 3. The van der Waals surface area contributed by atoms with Crippen LogP contribution in [0.2, 0.25) is 0 Å². The van der Waals surface area contributed by atoms with Gasteiger partial charge in [0.2, 0.25) is 0 Å². The predicted molar refractivity (Wildman–Crippen MR) is 92.0 cm³/mol. The second-order valence-electron chi connectivity index (χ2n) is 4.45. The van der Waals surface area contributed by atoms with E-state index in [9.17, 15) is 0 Å². The summed E-state index contributed by atoms with van der Waals surface area (Å²) in [7, 11) is 1.93. The van der Waals surface area contributed by atoms with E-state index >= 15 is 0 Å². The number of halogens is 2. The number of nitrogens with one attached hydrogen (secondary N) is 1. The molecule has 0 aromatic heterocycles. The smallest absolute Gasteiger partial charge is 0.133 e. The zero-order valence-electron chi connectivity index (χ0n) is 11.7. The van der Waals surface area contributed by atoms with Crippen molar-refractivity contribution in [1.29, 1.82) is 0 Å². The Morgan fingerprint density at radius 2 is 1.67 bits per heavy atom. The van der Waals surface area contributed by atoms with Gasteiger partial charge in [-0.25, -0.2) is 0 Å². The fraction of sp³-hybridized carbons (Fsp3) is 0.250. The van der Waals surface area contributed by atoms with E-state index in [0.717, 1.165) is 27.0 Å². The molecule has 0 saturated carbocycles. The van der Waals surface area contributed by atoms with Crippen LogP contribution in [0.3, 0.4) is 0 Å². The first-order valence-electron chi connectivity index (χ1n) is 6.63. The summed E-state index contributed by atoms with van der Waals surface area (Å²) in [6.07, 6.45) is 0. The maximum absolute atomic E-state index is 5.71. The molecule has 0 atom stereocenters. The van der Waals surface area contributed by atoms with Crippen molar-refractivity contribution in [2.45, 2.75) is 6.54 Å². The number of rotatable bonds is 7. The molecule has 0 aliphatic carbocycles. The van der Waals surface area contributed by atoms with E-state index < -0.39 is 0 Å². The Kier molecular flexibility index (Phi) is 6.54. The van der Waals surface area contributed by atoms with Gasteiger partial charge in [0.1, 0.15) is 24.7 Å². The summed E-state index contributed by atoms with van der Waals surface area (Å²) in [4.78, 5) is 0. The maximum Gasteiger partial charge on any atom is 0.133 e. The van der Waals surface area contributed by atoms with E-state index in [4.69, 9.17) is 9.47 Å². The summed E-state index contributed by atoms with van der Waals surface area (Å²) < 4.78 is 13.3. The average molecular weight is 415 g/mol. The second kappa shape index (κ2) is 8.41. The third-order valence-corrected chi connectivity index (χ3v) is 3.95. The van der Waals surface area contributed by atoms with Crippen LogP contribution < -0.4 is 14.8 Å². The minimum absolute atomic E-state index is 0.500. The highest BCUT2D eigenvalue weighted by atomic mass is 79.9. The van der Waals surface area contributed by atoms with Gasteiger partial charge < -0.3 is 14.8 Å². The highest BCUT2D eigenvalue weighted by Gasteiger charge is 2.03. The van der Waals surface area contributed by atoms with Gasteiger partial charge in [-0.3, -0.25) is 0 Å². The molecule has 0 heterocycles. The van der Waals surface area contributed by atoms with Crippen LogP contribution in [0, 0.1) is 0 Å². The summed E-state index contributed by atoms with van der Waals surface area (Å²) in [6, 6.07) is 13.8. The molecule has 0 spiro atoms. The quantitative estimate of drug-likeness (QED) is 0.681. The van der Waals surface area contributed by atoms with Gasteiger partial charge in [-0.15, -0.1) is 0 Å². The number of hydrogen-bond donors (Lipinski definition) is 1. The fourth-order valence-electron chi connectivity index (χ4n) is 1.82. The minimum atomic E-state index is 0.500. The topological polar surface area (TPSA) is 30.5 Å². The molecule has 0 fully saturated rings. The molecular weight excluding hydrogens is 398 g/mol. The Labute approximate surface area is 141 Å². The molecule has 112 valence electrons. The normalized spacial score (nSPS) is 10.4. The Morgan fingerprint density at radius 3 is 2.33 bits per heavy atom. The standard InChI is InChI=1S/C16H17Br2NO2/c1-19-11-12-2-7-16(15(18)10-12)21-9-8-20-14-5-3-13(17)4-6-14/h2-7,10,19H,8-9,11H2,1H3. The zero-order chi connectivity index (χ0) is 15.1. The van der Waals surface area contributed by atoms with Gasteiger partial charge in [0, 0.05) is 11.0 Å². The number of ether oxygens (including phenoxy) is 2. The third-order valence-electron chi connectivity index (χ3n) is 2.80. The summed E-state index contributed by atoms with van der Waals surface area (Å²) in [6.45, 7) is 1.85. The fourth-order valence-corrected chi connectivity index (χ4v) is 2.62. The molecule has 2 rings (SSSR count). The molecule has 1 N–H and O–H groups in total. The van der Waals surface area contributed by atoms with Crippen molar-refractivity contribution in [2.24, 2.45) is 0 Å². The van der Waals surface area contributed by atoms with Crippen molar-refractivity contribution in [1.82, 2.24) is 5.32 Å². The Bertz CT molecular complexity index is 573. The molecule has 2 aromatic carbocycles. The molecule has 0 saturated heterocycles. The van der Waals surface area contributed by atoms with Crippen LogP contribution in [0.1, 0.15) is 5.56 Å². The van der Waals surface area contributed by atoms with E-state index in [0.29, 0.717) is 13.2 Å². The first-order valence-corrected chi connectivity index (χ1v) is 8.22. The monoisotopic (exact) mass is 413 g/mol. The molecular formula is C16H17Br2NO2. The van der Waals surface area contributed by atoms with Crippen molar-refractivity contribution < 1.29 is 9.47 Å². The molecule has 0 bridgehead atoms. The molecule has 0 amide bonds. The van der Waals surface area contributed by atoms with Crippen LogP contribution in [-0.4, -0.2) is 20.3 Å². The molecule has 21 heavy (non-hydrogen) atoms. The van der Waals surface area contributed by atoms with Crippen LogP contribution in [0.25, 0.3) is 0 Å². The van der Waals surface area contributed by atoms with E-state index in [-0.39, 0.29) is 0 Å². The van der Waals surface area contributed by atoms with Crippen LogP contribution in [-0.2, 0) is 6.54 Å². The van der Waals surface area contributed by atoms with Crippen LogP contribution in [0.15, 0.2) is 51.4 Å². The van der Waals surface area contributed by atoms with Crippen molar-refractivity contribution in [2.75, 3.05) is 20.3 Å². The Morgan fingerprint density at radius 1 is 0.952 bits per heavy atom. The first-order chi connectivity index (χ1) is 10.2. The molecule has 2 aromatic rings. The van der Waals surface area contributed by atoms with Crippen molar-refractivity contribution >= 4 is 31.9 Å². The Balaban J connectivity index is 1.79. The second-order valence-corrected chi connectivity index (χ2v) is 6.22. The van der Waals surface area contributed by atoms with Crippen LogP contribution in [0.5, 0.6) is 11.5 Å². The lowest BCUT2D eigenvalue weighted by Gasteiger charge is -2.11. The van der Waals surface area contributed by atoms with E-state index in [1.165, 1.54) is 5.56 Å². The lowest BCUT2D eigenvalue weighted by atomic mass is 10.2. The SMILES string of the molecule is CNCc1ccc(OCCOc2ccc(Br)cc2)c(Br)c1. The molecule has 0 aliphatic heterocycles. The highest BCUT2D eigenvalue weighted by Crippen LogP contribution is 2.26. The molecule has 3 nitrogen and oxygen atoms in total. The lowest BCUT2D eigenvalue weighted by molar-refractivity contribution is 0.216. The van der Waals surface area contributed by atoms with E-state index in [1.54, 1.807) is 0 Å². The van der Waals surface area contributed by atoms with Crippen molar-refractivity contribution in [3.8, 4) is 11.5 Å². The summed E-state index contributed by atoms with van der Waals surface area (Å²) >= 11 is 6.92. The molecule has 0 aliphatic rings.